The third-order valence-electron chi connectivity index (χ3n) is 15.9. The number of nitrogens with zero attached hydrogens (tertiary/aromatic N) is 1. The van der Waals surface area contributed by atoms with Crippen molar-refractivity contribution in [2.24, 2.45) is 0 Å². The molecule has 0 unspecified atom stereocenters. The van der Waals surface area contributed by atoms with Crippen LogP contribution in [0.25, 0.3) is 0 Å². The number of hydrogen-bond donors (Lipinski definition) is 1. The topological polar surface area (TPSA) is 97.4 Å². The minimum absolute atomic E-state index is 0.266. The third kappa shape index (κ3) is 35.2. The summed E-state index contributed by atoms with van der Waals surface area (Å²) in [6.07, 6.45) is 54.6. The Morgan fingerprint density at radius 3 is 0.928 bits per heavy atom. The van der Waals surface area contributed by atoms with E-state index in [0.29, 0.717) is 49.2 Å². The van der Waals surface area contributed by atoms with Crippen molar-refractivity contribution in [1.29, 1.82) is 0 Å². The first-order valence-corrected chi connectivity index (χ1v) is 34.4. The molecular formula is C74H118N2O7. The average molecular weight is 1150 g/mol. The Morgan fingerprint density at radius 2 is 0.614 bits per heavy atom. The molecule has 0 fully saturated rings. The van der Waals surface area contributed by atoms with E-state index in [0.717, 1.165) is 72.6 Å². The molecule has 0 saturated heterocycles. The van der Waals surface area contributed by atoms with Crippen LogP contribution in [0.5, 0.6) is 34.5 Å². The van der Waals surface area contributed by atoms with E-state index in [4.69, 9.17) is 28.4 Å². The summed E-state index contributed by atoms with van der Waals surface area (Å²) in [5.41, 5.74) is 2.97. The van der Waals surface area contributed by atoms with Gasteiger partial charge >= 0.3 is 0 Å². The van der Waals surface area contributed by atoms with Gasteiger partial charge in [-0.2, -0.15) is 0 Å². The van der Waals surface area contributed by atoms with Crippen molar-refractivity contribution in [2.45, 2.75) is 298 Å². The predicted octanol–water partition coefficient (Wildman–Crippen LogP) is 22.7. The van der Waals surface area contributed by atoms with Crippen molar-refractivity contribution in [2.75, 3.05) is 31.7 Å². The average Bonchev–Trinajstić information content (AvgIpc) is 3.53. The van der Waals surface area contributed by atoms with Gasteiger partial charge in [-0.15, -0.1) is 0 Å². The third-order valence-corrected chi connectivity index (χ3v) is 15.9. The Morgan fingerprint density at radius 1 is 0.325 bits per heavy atom. The molecule has 0 atom stereocenters. The number of amides is 1. The number of nitrogens with one attached hydrogen (secondary N) is 1. The molecule has 1 N–H and O–H groups in total. The number of anilines is 1. The first-order valence-electron chi connectivity index (χ1n) is 34.4. The van der Waals surface area contributed by atoms with Gasteiger partial charge in [-0.25, -0.2) is 0 Å². The van der Waals surface area contributed by atoms with Crippen LogP contribution >= 0.6 is 0 Å². The number of carbonyl (C=O) groups excluding carboxylic acids is 1. The van der Waals surface area contributed by atoms with Gasteiger partial charge in [0, 0.05) is 29.7 Å². The lowest BCUT2D eigenvalue weighted by molar-refractivity contribution is 0.102. The molecule has 0 saturated carbocycles. The Hall–Kier alpha value is -4.92. The molecule has 0 aliphatic heterocycles. The van der Waals surface area contributed by atoms with Crippen LogP contribution in [0.15, 0.2) is 79.1 Å². The Kier molecular flexibility index (Phi) is 42.0. The van der Waals surface area contributed by atoms with Gasteiger partial charge in [0.05, 0.1) is 26.4 Å². The first-order chi connectivity index (χ1) is 41.0. The second kappa shape index (κ2) is 49.4. The fraction of sp³-hybridized carbons (Fsp3) is 0.676. The van der Waals surface area contributed by atoms with Crippen molar-refractivity contribution in [3.63, 3.8) is 0 Å². The molecule has 0 bridgehead atoms. The van der Waals surface area contributed by atoms with E-state index >= 15 is 0 Å². The molecule has 83 heavy (non-hydrogen) atoms. The minimum atomic E-state index is -0.273. The lowest BCUT2D eigenvalue weighted by atomic mass is 10.1. The minimum Gasteiger partial charge on any atom is -0.490 e. The molecule has 4 rings (SSSR count). The number of aromatic nitrogens is 1. The summed E-state index contributed by atoms with van der Waals surface area (Å²) in [4.78, 5) is 18.0. The largest absolute Gasteiger partial charge is 0.490 e. The van der Waals surface area contributed by atoms with Gasteiger partial charge < -0.3 is 33.7 Å². The normalized spacial score (nSPS) is 11.2. The number of rotatable bonds is 56. The number of ether oxygens (including phenoxy) is 6. The van der Waals surface area contributed by atoms with Gasteiger partial charge in [0.2, 0.25) is 0 Å². The molecule has 9 nitrogen and oxygen atoms in total. The predicted molar refractivity (Wildman–Crippen MR) is 350 cm³/mol. The fourth-order valence-corrected chi connectivity index (χ4v) is 10.7. The molecule has 9 heteroatoms. The zero-order valence-electron chi connectivity index (χ0n) is 53.3. The first kappa shape index (κ1) is 70.6. The van der Waals surface area contributed by atoms with E-state index in [1.807, 2.05) is 18.2 Å². The lowest BCUT2D eigenvalue weighted by Gasteiger charge is -2.16. The van der Waals surface area contributed by atoms with Crippen LogP contribution < -0.4 is 33.7 Å². The highest BCUT2D eigenvalue weighted by Gasteiger charge is 2.15. The number of pyridine rings is 1. The Labute approximate surface area is 507 Å². The molecule has 4 aromatic rings. The van der Waals surface area contributed by atoms with E-state index < -0.39 is 0 Å². The van der Waals surface area contributed by atoms with E-state index in [9.17, 15) is 4.79 Å². The zero-order valence-corrected chi connectivity index (χ0v) is 53.3. The molecule has 0 aliphatic rings. The summed E-state index contributed by atoms with van der Waals surface area (Å²) in [7, 11) is 0. The maximum absolute atomic E-state index is 13.9. The van der Waals surface area contributed by atoms with Crippen molar-refractivity contribution in [3.8, 4) is 34.5 Å². The SMILES string of the molecule is CCCCCCCCCCCCOc1ccc(COc2cc(OCc3ccc(OCCCCCCCCCCCC)c(OCCCCCCCCCCCC)c3)cc(C(=O)Nc3ccncc3)c2)cc1OCCCCCCCCCCCC. The molecule has 466 valence electrons. The van der Waals surface area contributed by atoms with Crippen LogP contribution in [0.3, 0.4) is 0 Å². The molecule has 0 spiro atoms. The van der Waals surface area contributed by atoms with E-state index in [-0.39, 0.29) is 19.1 Å². The molecule has 1 aromatic heterocycles. The maximum atomic E-state index is 13.9. The number of benzene rings is 3. The van der Waals surface area contributed by atoms with Crippen LogP contribution in [0, 0.1) is 0 Å². The van der Waals surface area contributed by atoms with Crippen LogP contribution in [0.2, 0.25) is 0 Å². The number of carbonyl (C=O) groups is 1. The van der Waals surface area contributed by atoms with Gasteiger partial charge in [0.25, 0.3) is 5.91 Å². The fourth-order valence-electron chi connectivity index (χ4n) is 10.7. The molecule has 0 aliphatic carbocycles. The second-order valence-electron chi connectivity index (χ2n) is 23.6. The van der Waals surface area contributed by atoms with Gasteiger partial charge in [0.1, 0.15) is 24.7 Å². The van der Waals surface area contributed by atoms with Crippen molar-refractivity contribution in [1.82, 2.24) is 4.98 Å². The van der Waals surface area contributed by atoms with Crippen molar-refractivity contribution >= 4 is 11.6 Å². The second-order valence-corrected chi connectivity index (χ2v) is 23.6. The van der Waals surface area contributed by atoms with Gasteiger partial charge in [-0.3, -0.25) is 9.78 Å². The Balaban J connectivity index is 1.42. The summed E-state index contributed by atoms with van der Waals surface area (Å²) < 4.78 is 38.9. The summed E-state index contributed by atoms with van der Waals surface area (Å²) in [6, 6.07) is 21.2. The molecule has 1 amide bonds. The van der Waals surface area contributed by atoms with Crippen LogP contribution in [-0.4, -0.2) is 37.3 Å². The molecule has 0 radical (unpaired) electrons. The maximum Gasteiger partial charge on any atom is 0.255 e. The highest BCUT2D eigenvalue weighted by Crippen LogP contribution is 2.33. The zero-order chi connectivity index (χ0) is 58.7. The molecule has 3 aromatic carbocycles. The van der Waals surface area contributed by atoms with Crippen LogP contribution in [0.1, 0.15) is 306 Å². The number of unbranched alkanes of at least 4 members (excludes halogenated alkanes) is 36. The van der Waals surface area contributed by atoms with E-state index in [1.54, 1.807) is 36.7 Å². The van der Waals surface area contributed by atoms with Crippen molar-refractivity contribution < 1.29 is 33.2 Å². The highest BCUT2D eigenvalue weighted by molar-refractivity contribution is 6.04. The standard InChI is InChI=1S/C74H118N2O7/c1-5-9-13-17-21-25-29-33-37-41-53-78-70-47-45-64(57-72(70)80-55-43-39-35-31-27-23-19-15-11-7-3)62-82-68-59-66(74(77)76-67-49-51-75-52-50-67)60-69(61-68)83-63-65-46-48-71(79-54-42-38-34-30-26-22-18-14-10-6-2)73(58-65)81-56-44-40-36-32-28-24-20-16-12-8-4/h45-52,57-61H,5-44,53-56,62-63H2,1-4H3,(H,75,76,77). The number of hydrogen-bond acceptors (Lipinski definition) is 8. The highest BCUT2D eigenvalue weighted by atomic mass is 16.5. The lowest BCUT2D eigenvalue weighted by Crippen LogP contribution is -2.12. The summed E-state index contributed by atoms with van der Waals surface area (Å²) in [5.74, 6) is 3.84. The van der Waals surface area contributed by atoms with Gasteiger partial charge in [-0.05, 0) is 85.3 Å². The Bertz CT molecular complexity index is 2040. The molecular weight excluding hydrogens is 1030 g/mol. The van der Waals surface area contributed by atoms with Crippen molar-refractivity contribution in [3.05, 3.63) is 95.8 Å². The monoisotopic (exact) mass is 1150 g/mol. The summed E-state index contributed by atoms with van der Waals surface area (Å²) >= 11 is 0. The van der Waals surface area contributed by atoms with E-state index in [1.165, 1.54) is 218 Å². The summed E-state index contributed by atoms with van der Waals surface area (Å²) in [5, 5.41) is 3.02. The quantitative estimate of drug-likeness (QED) is 0.0437. The van der Waals surface area contributed by atoms with Crippen LogP contribution in [0.4, 0.5) is 5.69 Å². The van der Waals surface area contributed by atoms with Gasteiger partial charge in [0.15, 0.2) is 23.0 Å². The summed E-state index contributed by atoms with van der Waals surface area (Å²) in [6.45, 7) is 12.3. The smallest absolute Gasteiger partial charge is 0.255 e. The van der Waals surface area contributed by atoms with E-state index in [2.05, 4.69) is 62.3 Å². The van der Waals surface area contributed by atoms with Gasteiger partial charge in [-0.1, -0.05) is 271 Å². The molecule has 1 heterocycles. The van der Waals surface area contributed by atoms with Crippen LogP contribution in [-0.2, 0) is 13.2 Å².